The summed E-state index contributed by atoms with van der Waals surface area (Å²) in [7, 11) is 0. The van der Waals surface area contributed by atoms with E-state index in [-0.39, 0.29) is 0 Å². The van der Waals surface area contributed by atoms with Crippen LogP contribution in [0.15, 0.2) is 54.7 Å². The third kappa shape index (κ3) is 6.70. The molecule has 1 aromatic carbocycles. The Morgan fingerprint density at radius 3 is 2.20 bits per heavy atom. The second-order valence-corrected chi connectivity index (χ2v) is 10.4. The lowest BCUT2D eigenvalue weighted by molar-refractivity contribution is 0.205. The molecule has 6 rings (SSSR count). The number of rotatable bonds is 5. The number of nitrogen functional groups attached to an aromatic ring is 1. The minimum atomic E-state index is 0.350. The molecule has 4 heterocycles. The zero-order valence-electron chi connectivity index (χ0n) is 24.8. The Balaban J connectivity index is 0.000000886. The Kier molecular flexibility index (Phi) is 10.7. The molecule has 7 nitrogen and oxygen atoms in total. The van der Waals surface area contributed by atoms with E-state index in [1.54, 1.807) is 6.20 Å². The van der Waals surface area contributed by atoms with Crippen LogP contribution in [0.3, 0.4) is 0 Å². The van der Waals surface area contributed by atoms with Crippen LogP contribution < -0.4 is 11.5 Å². The smallest absolute Gasteiger partial charge is 0.165 e. The van der Waals surface area contributed by atoms with Crippen molar-refractivity contribution < 1.29 is 0 Å². The fraction of sp³-hybridized carbons (Fsp3) is 0.485. The maximum atomic E-state index is 6.31. The lowest BCUT2D eigenvalue weighted by Gasteiger charge is -2.30. The number of hydrogen-bond acceptors (Lipinski definition) is 6. The van der Waals surface area contributed by atoms with Gasteiger partial charge in [0.15, 0.2) is 11.5 Å². The van der Waals surface area contributed by atoms with Crippen LogP contribution in [0.5, 0.6) is 0 Å². The van der Waals surface area contributed by atoms with Crippen molar-refractivity contribution in [2.45, 2.75) is 91.1 Å². The van der Waals surface area contributed by atoms with Gasteiger partial charge in [-0.25, -0.2) is 15.0 Å². The van der Waals surface area contributed by atoms with Crippen LogP contribution in [-0.4, -0.2) is 43.6 Å². The lowest BCUT2D eigenvalue weighted by atomic mass is 9.87. The van der Waals surface area contributed by atoms with Gasteiger partial charge in [-0.3, -0.25) is 9.47 Å². The number of piperidine rings is 1. The average Bonchev–Trinajstić information content (AvgIpc) is 3.40. The molecule has 2 fully saturated rings. The number of benzene rings is 1. The van der Waals surface area contributed by atoms with Crippen molar-refractivity contribution >= 4 is 17.0 Å². The van der Waals surface area contributed by atoms with Crippen molar-refractivity contribution in [3.8, 4) is 17.1 Å². The van der Waals surface area contributed by atoms with Crippen LogP contribution in [-0.2, 0) is 6.54 Å². The van der Waals surface area contributed by atoms with Crippen molar-refractivity contribution in [1.82, 2.24) is 24.4 Å². The maximum absolute atomic E-state index is 6.31. The van der Waals surface area contributed by atoms with E-state index in [1.165, 1.54) is 43.4 Å². The van der Waals surface area contributed by atoms with Crippen molar-refractivity contribution in [1.29, 1.82) is 0 Å². The van der Waals surface area contributed by atoms with Gasteiger partial charge in [0.25, 0.3) is 0 Å². The van der Waals surface area contributed by atoms with Gasteiger partial charge in [0.05, 0.1) is 5.56 Å². The predicted octanol–water partition coefficient (Wildman–Crippen LogP) is 7.09. The monoisotopic (exact) mass is 541 g/mol. The van der Waals surface area contributed by atoms with Gasteiger partial charge in [-0.05, 0) is 80.7 Å². The molecule has 40 heavy (non-hydrogen) atoms. The van der Waals surface area contributed by atoms with E-state index >= 15 is 0 Å². The Morgan fingerprint density at radius 1 is 0.825 bits per heavy atom. The largest absolute Gasteiger partial charge is 0.383 e. The molecule has 4 N–H and O–H groups in total. The van der Waals surface area contributed by atoms with E-state index in [4.69, 9.17) is 21.4 Å². The summed E-state index contributed by atoms with van der Waals surface area (Å²) in [5.74, 6) is 1.78. The fourth-order valence-corrected chi connectivity index (χ4v) is 5.75. The topological polar surface area (TPSA) is 98.9 Å². The van der Waals surface area contributed by atoms with Crippen LogP contribution in [0, 0.1) is 0 Å². The molecule has 0 bridgehead atoms. The van der Waals surface area contributed by atoms with E-state index in [1.807, 2.05) is 39.8 Å². The summed E-state index contributed by atoms with van der Waals surface area (Å²) in [5.41, 5.74) is 18.5. The molecule has 0 amide bonds. The molecule has 4 aromatic rings. The van der Waals surface area contributed by atoms with Gasteiger partial charge >= 0.3 is 0 Å². The van der Waals surface area contributed by atoms with E-state index in [0.29, 0.717) is 17.8 Å². The molecule has 1 aliphatic heterocycles. The summed E-state index contributed by atoms with van der Waals surface area (Å²) in [6.07, 6.45) is 10.2. The molecular formula is C33H47N7. The van der Waals surface area contributed by atoms with Gasteiger partial charge in [0.1, 0.15) is 11.3 Å². The van der Waals surface area contributed by atoms with Crippen molar-refractivity contribution in [3.63, 3.8) is 0 Å². The van der Waals surface area contributed by atoms with Crippen LogP contribution in [0.25, 0.3) is 28.2 Å². The summed E-state index contributed by atoms with van der Waals surface area (Å²) in [4.78, 5) is 17.0. The van der Waals surface area contributed by atoms with Crippen LogP contribution in [0.1, 0.15) is 89.8 Å². The average molecular weight is 542 g/mol. The molecule has 1 saturated carbocycles. The van der Waals surface area contributed by atoms with E-state index < -0.39 is 0 Å². The van der Waals surface area contributed by atoms with Crippen molar-refractivity contribution in [2.24, 2.45) is 5.73 Å². The highest BCUT2D eigenvalue weighted by molar-refractivity contribution is 5.82. The molecule has 1 aliphatic carbocycles. The number of likely N-dealkylation sites (tertiary alicyclic amines) is 1. The van der Waals surface area contributed by atoms with E-state index in [2.05, 4.69) is 50.8 Å². The Labute approximate surface area is 240 Å². The number of nitrogens with zero attached hydrogens (tertiary/aromatic N) is 5. The Hall–Kier alpha value is -3.29. The quantitative estimate of drug-likeness (QED) is 0.280. The summed E-state index contributed by atoms with van der Waals surface area (Å²) in [5, 5.41) is 0. The first-order chi connectivity index (χ1) is 19.7. The number of pyridine rings is 2. The van der Waals surface area contributed by atoms with Gasteiger partial charge < -0.3 is 11.5 Å². The molecule has 0 unspecified atom stereocenters. The molecule has 1 saturated heterocycles. The van der Waals surface area contributed by atoms with Gasteiger partial charge in [0.2, 0.25) is 0 Å². The molecule has 0 radical (unpaired) electrons. The standard InChI is InChI=1S/C29H35N7.2C2H6/c30-22-14-17-35(18-15-22)19-20-8-10-23(11-9-20)36-28(24-7-4-16-32-27(24)31)34-26-13-12-25(33-29(26)36)21-5-2-1-3-6-21;2*1-2/h4,7-13,16,21-22H,1-3,5-6,14-15,17-19,30H2,(H2,31,32);2*1-2H3. The normalized spacial score (nSPS) is 16.6. The fourth-order valence-electron chi connectivity index (χ4n) is 5.75. The zero-order chi connectivity index (χ0) is 28.5. The first-order valence-electron chi connectivity index (χ1n) is 15.3. The molecule has 0 atom stereocenters. The van der Waals surface area contributed by atoms with Crippen LogP contribution in [0.2, 0.25) is 0 Å². The van der Waals surface area contributed by atoms with E-state index in [0.717, 1.165) is 60.7 Å². The first-order valence-corrected chi connectivity index (χ1v) is 15.3. The molecule has 7 heteroatoms. The lowest BCUT2D eigenvalue weighted by Crippen LogP contribution is -2.39. The molecule has 0 spiro atoms. The highest BCUT2D eigenvalue weighted by Gasteiger charge is 2.22. The predicted molar refractivity (Wildman–Crippen MR) is 168 cm³/mol. The first kappa shape index (κ1) is 29.7. The number of fused-ring (bicyclic) bond motifs is 1. The number of nitrogens with two attached hydrogens (primary N) is 2. The summed E-state index contributed by atoms with van der Waals surface area (Å²) < 4.78 is 2.15. The maximum Gasteiger partial charge on any atom is 0.165 e. The number of hydrogen-bond donors (Lipinski definition) is 2. The number of anilines is 1. The molecule has 214 valence electrons. The Morgan fingerprint density at radius 2 is 1.52 bits per heavy atom. The van der Waals surface area contributed by atoms with E-state index in [9.17, 15) is 0 Å². The second kappa shape index (κ2) is 14.4. The molecular weight excluding hydrogens is 494 g/mol. The third-order valence-electron chi connectivity index (χ3n) is 7.86. The summed E-state index contributed by atoms with van der Waals surface area (Å²) >= 11 is 0. The minimum Gasteiger partial charge on any atom is -0.383 e. The van der Waals surface area contributed by atoms with Crippen molar-refractivity contribution in [3.05, 3.63) is 66.0 Å². The van der Waals surface area contributed by atoms with Crippen LogP contribution >= 0.6 is 0 Å². The molecule has 3 aromatic heterocycles. The van der Waals surface area contributed by atoms with Gasteiger partial charge in [-0.15, -0.1) is 0 Å². The van der Waals surface area contributed by atoms with Gasteiger partial charge in [-0.1, -0.05) is 59.1 Å². The summed E-state index contributed by atoms with van der Waals surface area (Å²) in [6.45, 7) is 11.1. The van der Waals surface area contributed by atoms with Gasteiger partial charge in [0, 0.05) is 36.1 Å². The van der Waals surface area contributed by atoms with Crippen LogP contribution in [0.4, 0.5) is 5.82 Å². The molecule has 2 aliphatic rings. The number of aromatic nitrogens is 4. The third-order valence-corrected chi connectivity index (χ3v) is 7.86. The van der Waals surface area contributed by atoms with Gasteiger partial charge in [-0.2, -0.15) is 0 Å². The second-order valence-electron chi connectivity index (χ2n) is 10.4. The number of imidazole rings is 1. The Bertz CT molecular complexity index is 1330. The SMILES string of the molecule is CC.CC.Nc1ncccc1-c1nc2ccc(C3CCCCC3)nc2n1-c1ccc(CN2CCC(N)CC2)cc1. The van der Waals surface area contributed by atoms with Crippen molar-refractivity contribution in [2.75, 3.05) is 18.8 Å². The highest BCUT2D eigenvalue weighted by Crippen LogP contribution is 2.35. The zero-order valence-corrected chi connectivity index (χ0v) is 24.8. The highest BCUT2D eigenvalue weighted by atomic mass is 15.1. The minimum absolute atomic E-state index is 0.350. The summed E-state index contributed by atoms with van der Waals surface area (Å²) in [6, 6.07) is 17.3.